The van der Waals surface area contributed by atoms with Crippen LogP contribution in [0.5, 0.6) is 0 Å². The quantitative estimate of drug-likeness (QED) is 0.815. The molecule has 0 fully saturated rings. The van der Waals surface area contributed by atoms with Gasteiger partial charge in [0.25, 0.3) is 0 Å². The van der Waals surface area contributed by atoms with E-state index in [1.54, 1.807) is 25.3 Å². The number of nitrogens with one attached hydrogen (secondary N) is 1. The van der Waals surface area contributed by atoms with Gasteiger partial charge in [-0.3, -0.25) is 4.79 Å². The second kappa shape index (κ2) is 7.40. The summed E-state index contributed by atoms with van der Waals surface area (Å²) in [6.07, 6.45) is 0.0549. The number of amides is 1. The summed E-state index contributed by atoms with van der Waals surface area (Å²) in [6.45, 7) is 0.973. The van der Waals surface area contributed by atoms with E-state index < -0.39 is 0 Å². The van der Waals surface area contributed by atoms with Gasteiger partial charge in [0, 0.05) is 13.7 Å². The molecule has 1 amide bonds. The van der Waals surface area contributed by atoms with Gasteiger partial charge in [-0.1, -0.05) is 34.1 Å². The van der Waals surface area contributed by atoms with Gasteiger partial charge in [0.15, 0.2) is 0 Å². The van der Waals surface area contributed by atoms with Crippen molar-refractivity contribution in [2.24, 2.45) is 0 Å². The van der Waals surface area contributed by atoms with Gasteiger partial charge in [-0.2, -0.15) is 0 Å². The summed E-state index contributed by atoms with van der Waals surface area (Å²) >= 11 is 3.35. The molecule has 17 heavy (non-hydrogen) atoms. The largest absolute Gasteiger partial charge is 0.383 e. The third-order valence-corrected chi connectivity index (χ3v) is 2.77. The third kappa shape index (κ3) is 5.28. The monoisotopic (exact) mass is 303 g/mol. The van der Waals surface area contributed by atoms with Gasteiger partial charge in [-0.05, 0) is 11.6 Å². The zero-order chi connectivity index (χ0) is 12.7. The fourth-order valence-corrected chi connectivity index (χ4v) is 1.77. The lowest BCUT2D eigenvalue weighted by molar-refractivity contribution is -0.120. The Labute approximate surface area is 108 Å². The van der Waals surface area contributed by atoms with Crippen LogP contribution >= 0.6 is 15.9 Å². The Morgan fingerprint density at radius 1 is 1.53 bits per heavy atom. The zero-order valence-corrected chi connectivity index (χ0v) is 11.2. The molecule has 0 aromatic heterocycles. The lowest BCUT2D eigenvalue weighted by Crippen LogP contribution is -2.32. The van der Waals surface area contributed by atoms with E-state index in [0.29, 0.717) is 18.7 Å². The second-order valence-electron chi connectivity index (χ2n) is 3.62. The van der Waals surface area contributed by atoms with Crippen LogP contribution in [0.2, 0.25) is 0 Å². The predicted octanol–water partition coefficient (Wildman–Crippen LogP) is 1.89. The van der Waals surface area contributed by atoms with Gasteiger partial charge >= 0.3 is 0 Å². The minimum Gasteiger partial charge on any atom is -0.383 e. The van der Waals surface area contributed by atoms with Crippen LogP contribution < -0.4 is 5.32 Å². The smallest absolute Gasteiger partial charge is 0.224 e. The Balaban J connectivity index is 2.37. The molecule has 0 radical (unpaired) electrons. The highest BCUT2D eigenvalue weighted by Crippen LogP contribution is 2.07. The first-order valence-electron chi connectivity index (χ1n) is 5.26. The highest BCUT2D eigenvalue weighted by atomic mass is 79.9. The Morgan fingerprint density at radius 2 is 2.24 bits per heavy atom. The van der Waals surface area contributed by atoms with E-state index in [0.717, 1.165) is 0 Å². The predicted molar refractivity (Wildman–Crippen MR) is 67.7 cm³/mol. The average molecular weight is 304 g/mol. The molecule has 94 valence electrons. The number of hydrogen-bond donors (Lipinski definition) is 1. The van der Waals surface area contributed by atoms with Crippen molar-refractivity contribution in [2.75, 3.05) is 20.3 Å². The lowest BCUT2D eigenvalue weighted by Gasteiger charge is -2.10. The number of alkyl halides is 1. The van der Waals surface area contributed by atoms with Crippen LogP contribution in [0, 0.1) is 5.82 Å². The van der Waals surface area contributed by atoms with Crippen LogP contribution in [0.15, 0.2) is 24.3 Å². The lowest BCUT2D eigenvalue weighted by atomic mass is 10.1. The van der Waals surface area contributed by atoms with Crippen molar-refractivity contribution in [3.8, 4) is 0 Å². The topological polar surface area (TPSA) is 38.3 Å². The molecule has 0 aliphatic carbocycles. The molecule has 0 saturated carbocycles. The molecule has 1 atom stereocenters. The maximum absolute atomic E-state index is 13.3. The molecule has 0 bridgehead atoms. The summed E-state index contributed by atoms with van der Waals surface area (Å²) in [4.78, 5) is 11.6. The summed E-state index contributed by atoms with van der Waals surface area (Å²) in [5.74, 6) is -0.550. The van der Waals surface area contributed by atoms with Crippen molar-refractivity contribution in [2.45, 2.75) is 11.2 Å². The van der Waals surface area contributed by atoms with E-state index in [2.05, 4.69) is 21.2 Å². The number of methoxy groups -OCH3 is 1. The van der Waals surface area contributed by atoms with Gasteiger partial charge in [0.05, 0.1) is 17.9 Å². The zero-order valence-electron chi connectivity index (χ0n) is 9.58. The van der Waals surface area contributed by atoms with Gasteiger partial charge in [-0.15, -0.1) is 0 Å². The summed E-state index contributed by atoms with van der Waals surface area (Å²) in [7, 11) is 1.59. The van der Waals surface area contributed by atoms with Crippen molar-refractivity contribution in [1.82, 2.24) is 5.32 Å². The van der Waals surface area contributed by atoms with Crippen LogP contribution in [0.25, 0.3) is 0 Å². The summed E-state index contributed by atoms with van der Waals surface area (Å²) in [5, 5.41) is 2.71. The molecule has 0 saturated heterocycles. The molecule has 1 N–H and O–H groups in total. The Bertz CT molecular complexity index is 373. The summed E-state index contributed by atoms with van der Waals surface area (Å²) in [5.41, 5.74) is 0.405. The van der Waals surface area contributed by atoms with Crippen molar-refractivity contribution in [3.63, 3.8) is 0 Å². The molecule has 1 rings (SSSR count). The second-order valence-corrected chi connectivity index (χ2v) is 4.92. The number of halogens is 2. The number of carbonyl (C=O) groups excluding carboxylic acids is 1. The van der Waals surface area contributed by atoms with Gasteiger partial charge in [-0.25, -0.2) is 4.39 Å². The minimum atomic E-state index is -0.352. The molecule has 1 unspecified atom stereocenters. The van der Waals surface area contributed by atoms with Crippen LogP contribution in [0.1, 0.15) is 5.56 Å². The first-order chi connectivity index (χ1) is 8.13. The highest BCUT2D eigenvalue weighted by Gasteiger charge is 2.09. The number of carbonyl (C=O) groups is 1. The SMILES string of the molecule is COCC(Br)CNC(=O)Cc1ccccc1F. The van der Waals surface area contributed by atoms with Crippen molar-refractivity contribution in [3.05, 3.63) is 35.6 Å². The van der Waals surface area contributed by atoms with Crippen molar-refractivity contribution >= 4 is 21.8 Å². The number of ether oxygens (including phenoxy) is 1. The average Bonchev–Trinajstić information content (AvgIpc) is 2.30. The van der Waals surface area contributed by atoms with Crippen LogP contribution in [0.3, 0.4) is 0 Å². The molecular weight excluding hydrogens is 289 g/mol. The maximum atomic E-state index is 13.3. The third-order valence-electron chi connectivity index (χ3n) is 2.18. The molecule has 1 aromatic carbocycles. The highest BCUT2D eigenvalue weighted by molar-refractivity contribution is 9.09. The molecule has 3 nitrogen and oxygen atoms in total. The van der Waals surface area contributed by atoms with E-state index in [1.807, 2.05) is 0 Å². The first kappa shape index (κ1) is 14.1. The normalized spacial score (nSPS) is 12.2. The fourth-order valence-electron chi connectivity index (χ4n) is 1.34. The van der Waals surface area contributed by atoms with E-state index in [-0.39, 0.29) is 23.0 Å². The number of hydrogen-bond acceptors (Lipinski definition) is 2. The standard InChI is InChI=1S/C12H15BrFNO2/c1-17-8-10(13)7-15-12(16)6-9-4-2-3-5-11(9)14/h2-5,10H,6-8H2,1H3,(H,15,16). The maximum Gasteiger partial charge on any atom is 0.224 e. The summed E-state index contributed by atoms with van der Waals surface area (Å²) in [6, 6.07) is 6.27. The minimum absolute atomic E-state index is 0.0549. The van der Waals surface area contributed by atoms with Crippen molar-refractivity contribution in [1.29, 1.82) is 0 Å². The molecule has 0 heterocycles. The Morgan fingerprint density at radius 3 is 2.88 bits per heavy atom. The van der Waals surface area contributed by atoms with Gasteiger partial charge in [0.2, 0.25) is 5.91 Å². The molecule has 5 heteroatoms. The van der Waals surface area contributed by atoms with E-state index in [9.17, 15) is 9.18 Å². The molecule has 0 aliphatic rings. The molecule has 0 aliphatic heterocycles. The summed E-state index contributed by atoms with van der Waals surface area (Å²) < 4.78 is 18.2. The van der Waals surface area contributed by atoms with Crippen LogP contribution in [-0.4, -0.2) is 31.0 Å². The molecule has 0 spiro atoms. The number of benzene rings is 1. The van der Waals surface area contributed by atoms with Gasteiger partial charge < -0.3 is 10.1 Å². The van der Waals surface area contributed by atoms with Crippen LogP contribution in [0.4, 0.5) is 4.39 Å². The van der Waals surface area contributed by atoms with E-state index in [4.69, 9.17) is 4.74 Å². The van der Waals surface area contributed by atoms with Crippen LogP contribution in [-0.2, 0) is 16.0 Å². The Hall–Kier alpha value is -0.940. The van der Waals surface area contributed by atoms with E-state index >= 15 is 0 Å². The van der Waals surface area contributed by atoms with Gasteiger partial charge in [0.1, 0.15) is 5.82 Å². The molecule has 1 aromatic rings. The van der Waals surface area contributed by atoms with E-state index in [1.165, 1.54) is 6.07 Å². The fraction of sp³-hybridized carbons (Fsp3) is 0.417. The number of rotatable bonds is 6. The molecular formula is C12H15BrFNO2. The Kier molecular flexibility index (Phi) is 6.15. The van der Waals surface area contributed by atoms with Crippen molar-refractivity contribution < 1.29 is 13.9 Å². The first-order valence-corrected chi connectivity index (χ1v) is 6.18.